The van der Waals surface area contributed by atoms with E-state index in [9.17, 15) is 13.7 Å². The molecule has 0 saturated heterocycles. The molecule has 0 saturated carbocycles. The Hall–Kier alpha value is -0.0675. The summed E-state index contributed by atoms with van der Waals surface area (Å²) in [4.78, 5) is 0. The van der Waals surface area contributed by atoms with Crippen molar-refractivity contribution in [3.05, 3.63) is 37.2 Å². The zero-order valence-corrected chi connectivity index (χ0v) is 12.1. The van der Waals surface area contributed by atoms with Crippen LogP contribution >= 0.6 is 24.1 Å². The second-order valence-electron chi connectivity index (χ2n) is 2.01. The molecular weight excluding hydrogens is 288 g/mol. The fraction of sp³-hybridized carbons (Fsp3) is 0. The van der Waals surface area contributed by atoms with E-state index < -0.39 is 39.2 Å². The Kier molecular flexibility index (Phi) is 8.98. The normalized spacial score (nSPS) is 12.4. The zero-order valence-electron chi connectivity index (χ0n) is 8.22. The minimum absolute atomic E-state index is 1.03. The van der Waals surface area contributed by atoms with Crippen molar-refractivity contribution in [1.82, 2.24) is 0 Å². The van der Waals surface area contributed by atoms with Gasteiger partial charge in [0.25, 0.3) is 0 Å². The molecule has 0 aromatic carbocycles. The van der Waals surface area contributed by atoms with Crippen LogP contribution in [0, 0.1) is 0 Å². The first-order valence-corrected chi connectivity index (χ1v) is 8.96. The topological polar surface area (TPSA) is 78.9 Å². The fourth-order valence-electron chi connectivity index (χ4n) is 0.441. The summed E-state index contributed by atoms with van der Waals surface area (Å²) in [7, 11) is -6.57. The van der Waals surface area contributed by atoms with Gasteiger partial charge in [-0.25, -0.2) is 0 Å². The summed E-state index contributed by atoms with van der Waals surface area (Å²) in [6.07, 6.45) is 0. The molecule has 0 radical (unpaired) electrons. The van der Waals surface area contributed by atoms with E-state index in [4.69, 9.17) is 10.7 Å². The molecule has 6 nitrogen and oxygen atoms in total. The maximum Gasteiger partial charge on any atom is 1.04 e. The Morgan fingerprint density at radius 2 is 1.00 bits per heavy atom. The number of hydrogen-bond acceptors (Lipinski definition) is 6. The molecule has 0 amide bonds. The van der Waals surface area contributed by atoms with Crippen molar-refractivity contribution in [3.8, 4) is 0 Å². The lowest BCUT2D eigenvalue weighted by Gasteiger charge is -1.87. The molecule has 0 bridgehead atoms. The van der Waals surface area contributed by atoms with E-state index in [1.165, 1.54) is 0 Å². The van der Waals surface area contributed by atoms with E-state index in [2.05, 4.69) is 19.7 Å². The third kappa shape index (κ3) is 7.25. The van der Waals surface area contributed by atoms with Crippen LogP contribution < -0.4 is 0 Å². The predicted octanol–water partition coefficient (Wildman–Crippen LogP) is 3.68. The van der Waals surface area contributed by atoms with Gasteiger partial charge < -0.3 is 0 Å². The fourth-order valence-corrected chi connectivity index (χ4v) is 5.01. The highest BCUT2D eigenvalue weighted by atomic mass is 31.1. The predicted molar refractivity (Wildman–Crippen MR) is 62.4 cm³/mol. The van der Waals surface area contributed by atoms with Gasteiger partial charge in [0.15, 0.2) is 17.5 Å². The highest BCUT2D eigenvalue weighted by molar-refractivity contribution is 7.48. The van der Waals surface area contributed by atoms with Crippen LogP contribution in [0.5, 0.6) is 0 Å². The van der Waals surface area contributed by atoms with E-state index in [1.54, 1.807) is 0 Å². The van der Waals surface area contributed by atoms with Crippen LogP contribution in [-0.2, 0) is 24.4 Å². The Bertz CT molecular complexity index is 291. The Labute approximate surface area is 101 Å². The van der Waals surface area contributed by atoms with E-state index >= 15 is 0 Å². The van der Waals surface area contributed by atoms with Crippen LogP contribution in [0.15, 0.2) is 37.2 Å². The van der Waals surface area contributed by atoms with Crippen molar-refractivity contribution in [1.29, 1.82) is 0 Å². The molecule has 10 heteroatoms. The highest BCUT2D eigenvalue weighted by Gasteiger charge is 2.55. The molecule has 0 N–H and O–H groups in total. The molecule has 0 heterocycles. The van der Waals surface area contributed by atoms with Gasteiger partial charge in [-0.15, -0.1) is 0 Å². The quantitative estimate of drug-likeness (QED) is 0.477. The molecule has 3 atom stereocenters. The van der Waals surface area contributed by atoms with Gasteiger partial charge in [0.1, 0.15) is 0 Å². The largest absolute Gasteiger partial charge is 1.04 e. The Morgan fingerprint density at radius 3 is 1.19 bits per heavy atom. The zero-order chi connectivity index (χ0) is 12.6. The van der Waals surface area contributed by atoms with Crippen LogP contribution in [0.2, 0.25) is 0 Å². The molecule has 0 spiro atoms. The van der Waals surface area contributed by atoms with Gasteiger partial charge >= 0.3 is 39.2 Å². The smallest absolute Gasteiger partial charge is 0.197 e. The number of hydrogen-bond donors (Lipinski definition) is 0. The lowest BCUT2D eigenvalue weighted by atomic mass is 11.3. The summed E-state index contributed by atoms with van der Waals surface area (Å²) < 4.78 is 47.3. The van der Waals surface area contributed by atoms with Crippen molar-refractivity contribution < 1.29 is 24.4 Å². The first-order valence-electron chi connectivity index (χ1n) is 3.80. The summed E-state index contributed by atoms with van der Waals surface area (Å²) in [6.45, 7) is 9.69. The SMILES string of the molecule is C=C[P+](=O)[O][Al]([O][P+](=O)C=C)[O][P+](=O)C=C. The molecule has 84 valence electrons. The summed E-state index contributed by atoms with van der Waals surface area (Å²) in [5.74, 6) is 3.10. The van der Waals surface area contributed by atoms with Crippen molar-refractivity contribution >= 4 is 39.2 Å². The van der Waals surface area contributed by atoms with E-state index in [1.807, 2.05) is 0 Å². The van der Waals surface area contributed by atoms with E-state index in [0.29, 0.717) is 0 Å². The molecule has 16 heavy (non-hydrogen) atoms. The first-order chi connectivity index (χ1) is 7.53. The van der Waals surface area contributed by atoms with E-state index in [0.717, 1.165) is 17.5 Å². The third-order valence-corrected chi connectivity index (χ3v) is 6.47. The van der Waals surface area contributed by atoms with Gasteiger partial charge in [0.05, 0.1) is 0 Å². The maximum atomic E-state index is 11.0. The van der Waals surface area contributed by atoms with Gasteiger partial charge in [0, 0.05) is 0 Å². The van der Waals surface area contributed by atoms with Crippen LogP contribution in [0.3, 0.4) is 0 Å². The average Bonchev–Trinajstić information content (AvgIpc) is 2.28. The van der Waals surface area contributed by atoms with Gasteiger partial charge in [-0.3, -0.25) is 0 Å². The van der Waals surface area contributed by atoms with Crippen LogP contribution in [0.1, 0.15) is 0 Å². The molecule has 0 aliphatic heterocycles. The van der Waals surface area contributed by atoms with Crippen LogP contribution in [0.25, 0.3) is 0 Å². The lowest BCUT2D eigenvalue weighted by Crippen LogP contribution is -2.17. The van der Waals surface area contributed by atoms with Gasteiger partial charge in [-0.2, -0.15) is 10.7 Å². The van der Waals surface area contributed by atoms with Crippen molar-refractivity contribution in [2.45, 2.75) is 0 Å². The molecule has 0 aliphatic rings. The second kappa shape index (κ2) is 9.01. The highest BCUT2D eigenvalue weighted by Crippen LogP contribution is 2.35. The van der Waals surface area contributed by atoms with Crippen LogP contribution in [-0.4, -0.2) is 15.1 Å². The standard InChI is InChI=1S/3C2H3O2P.Al/c3*1-2-5(3)4;/h3*2H,1H2;/q;;;+3. The maximum absolute atomic E-state index is 11.0. The van der Waals surface area contributed by atoms with Crippen molar-refractivity contribution in [3.63, 3.8) is 0 Å². The van der Waals surface area contributed by atoms with Crippen molar-refractivity contribution in [2.75, 3.05) is 0 Å². The van der Waals surface area contributed by atoms with Gasteiger partial charge in [-0.1, -0.05) is 0 Å². The average molecular weight is 297 g/mol. The van der Waals surface area contributed by atoms with Gasteiger partial charge in [-0.05, 0) is 33.4 Å². The molecule has 0 rings (SSSR count). The minimum Gasteiger partial charge on any atom is -0.197 e. The molecule has 0 aromatic rings. The summed E-state index contributed by atoms with van der Waals surface area (Å²) in [6, 6.07) is 0. The molecule has 0 aliphatic carbocycles. The third-order valence-electron chi connectivity index (χ3n) is 1.02. The molecular formula is C6H9AlO6P3+3. The summed E-state index contributed by atoms with van der Waals surface area (Å²) >= 11 is -3.03. The molecule has 3 unspecified atom stereocenters. The summed E-state index contributed by atoms with van der Waals surface area (Å²) in [5, 5.41) is 0. The minimum atomic E-state index is -3.03. The monoisotopic (exact) mass is 297 g/mol. The first kappa shape index (κ1) is 15.9. The lowest BCUT2D eigenvalue weighted by molar-refractivity contribution is 0.330. The molecule has 0 aromatic heterocycles. The Morgan fingerprint density at radius 1 is 0.750 bits per heavy atom. The van der Waals surface area contributed by atoms with Crippen LogP contribution in [0.4, 0.5) is 0 Å². The van der Waals surface area contributed by atoms with Crippen molar-refractivity contribution in [2.24, 2.45) is 0 Å². The summed E-state index contributed by atoms with van der Waals surface area (Å²) in [5.41, 5.74) is 0. The van der Waals surface area contributed by atoms with Gasteiger partial charge in [0.2, 0.25) is 0 Å². The molecule has 0 fully saturated rings. The second-order valence-corrected chi connectivity index (χ2v) is 7.92. The van der Waals surface area contributed by atoms with E-state index in [-0.39, 0.29) is 0 Å². The Balaban J connectivity index is 4.48. The number of rotatable bonds is 9.